The Labute approximate surface area is 192 Å². The largest absolute Gasteiger partial charge is 0.598 e. The number of hydrogen-bond acceptors (Lipinski definition) is 5. The second-order valence-electron chi connectivity index (χ2n) is 8.86. The van der Waals surface area contributed by atoms with Gasteiger partial charge >= 0.3 is 0 Å². The van der Waals surface area contributed by atoms with Crippen molar-refractivity contribution in [2.45, 2.75) is 50.8 Å². The van der Waals surface area contributed by atoms with Crippen molar-refractivity contribution in [3.05, 3.63) is 84.2 Å². The minimum atomic E-state index is -1.27. The third kappa shape index (κ3) is 4.58. The number of nitrogens with one attached hydrogen (secondary N) is 1. The fourth-order valence-corrected chi connectivity index (χ4v) is 4.80. The summed E-state index contributed by atoms with van der Waals surface area (Å²) in [7, 11) is 0. The monoisotopic (exact) mass is 447 g/mol. The van der Waals surface area contributed by atoms with Crippen LogP contribution in [-0.2, 0) is 11.4 Å². The predicted octanol–water partition coefficient (Wildman–Crippen LogP) is 6.18. The minimum absolute atomic E-state index is 0.0295. The average Bonchev–Trinajstić information content (AvgIpc) is 3.23. The van der Waals surface area contributed by atoms with Crippen LogP contribution in [0.15, 0.2) is 77.4 Å². The van der Waals surface area contributed by atoms with Gasteiger partial charge in [0.25, 0.3) is 0 Å². The zero-order valence-corrected chi connectivity index (χ0v) is 19.7. The molecule has 0 aliphatic rings. The van der Waals surface area contributed by atoms with Gasteiger partial charge in [0.15, 0.2) is 5.58 Å². The molecule has 0 amide bonds. The van der Waals surface area contributed by atoms with E-state index in [0.29, 0.717) is 0 Å². The quantitative estimate of drug-likeness (QED) is 0.343. The highest BCUT2D eigenvalue weighted by atomic mass is 32.2. The molecule has 0 radical (unpaired) electrons. The summed E-state index contributed by atoms with van der Waals surface area (Å²) in [6.45, 7) is 8.08. The van der Waals surface area contributed by atoms with E-state index >= 15 is 0 Å². The van der Waals surface area contributed by atoms with Gasteiger partial charge in [-0.3, -0.25) is 4.98 Å². The lowest BCUT2D eigenvalue weighted by Gasteiger charge is -2.32. The zero-order chi connectivity index (χ0) is 22.7. The van der Waals surface area contributed by atoms with Crippen LogP contribution in [0.2, 0.25) is 0 Å². The molecule has 0 saturated carbocycles. The van der Waals surface area contributed by atoms with Crippen LogP contribution in [0.25, 0.3) is 22.2 Å². The summed E-state index contributed by atoms with van der Waals surface area (Å²) in [5, 5.41) is 5.36. The summed E-state index contributed by atoms with van der Waals surface area (Å²) < 4.78 is 21.9. The molecule has 2 aromatic heterocycles. The third-order valence-electron chi connectivity index (χ3n) is 5.63. The van der Waals surface area contributed by atoms with E-state index in [2.05, 4.69) is 33.9 Å². The van der Waals surface area contributed by atoms with Gasteiger partial charge in [-0.15, -0.1) is 4.72 Å². The van der Waals surface area contributed by atoms with Crippen LogP contribution in [0, 0.1) is 0 Å². The van der Waals surface area contributed by atoms with Gasteiger partial charge in [0.2, 0.25) is 0 Å². The third-order valence-corrected chi connectivity index (χ3v) is 7.21. The molecule has 6 heteroatoms. The van der Waals surface area contributed by atoms with Crippen molar-refractivity contribution < 1.29 is 9.08 Å². The van der Waals surface area contributed by atoms with Gasteiger partial charge in [0, 0.05) is 40.1 Å². The molecule has 4 rings (SSSR count). The first-order valence-electron chi connectivity index (χ1n) is 10.9. The highest BCUT2D eigenvalue weighted by Crippen LogP contribution is 2.40. The molecule has 32 heavy (non-hydrogen) atoms. The summed E-state index contributed by atoms with van der Waals surface area (Å²) in [4.78, 5) is 4.64. The summed E-state index contributed by atoms with van der Waals surface area (Å²) >= 11 is -1.27. The predicted molar refractivity (Wildman–Crippen MR) is 130 cm³/mol. The molecular formula is C26H29N3O2S. The Kier molecular flexibility index (Phi) is 6.65. The number of aromatic nitrogens is 2. The first-order valence-corrected chi connectivity index (χ1v) is 12.1. The average molecular weight is 448 g/mol. The van der Waals surface area contributed by atoms with Crippen LogP contribution in [0.3, 0.4) is 0 Å². The molecular weight excluding hydrogens is 418 g/mol. The summed E-state index contributed by atoms with van der Waals surface area (Å²) in [6.07, 6.45) is 2.65. The molecule has 0 bridgehead atoms. The van der Waals surface area contributed by atoms with E-state index in [-0.39, 0.29) is 12.0 Å². The van der Waals surface area contributed by atoms with Crippen molar-refractivity contribution in [2.24, 2.45) is 0 Å². The topological polar surface area (TPSA) is 74.0 Å². The molecule has 1 N–H and O–H groups in total. The molecule has 5 nitrogen and oxygen atoms in total. The lowest BCUT2D eigenvalue weighted by atomic mass is 9.85. The van der Waals surface area contributed by atoms with E-state index < -0.39 is 16.1 Å². The standard InChI is InChI=1S/C26H29N3O2S/c1-5-18(22-15-10-11-17-27-22)25(29-32(30)26(2,3)4)20-13-7-6-12-19(20)24-21-14-8-9-16-23(21)31-28-24/h6-18,25,29H,5H2,1-4H3. The van der Waals surface area contributed by atoms with Crippen LogP contribution >= 0.6 is 0 Å². The normalized spacial score (nSPS) is 14.9. The second kappa shape index (κ2) is 9.45. The Morgan fingerprint density at radius 3 is 2.44 bits per heavy atom. The molecule has 4 aromatic rings. The summed E-state index contributed by atoms with van der Waals surface area (Å²) in [5.41, 5.74) is 4.51. The van der Waals surface area contributed by atoms with E-state index in [1.165, 1.54) is 0 Å². The zero-order valence-electron chi connectivity index (χ0n) is 18.9. The van der Waals surface area contributed by atoms with E-state index in [4.69, 9.17) is 4.52 Å². The maximum absolute atomic E-state index is 13.3. The fraction of sp³-hybridized carbons (Fsp3) is 0.308. The van der Waals surface area contributed by atoms with Gasteiger partial charge in [-0.25, -0.2) is 0 Å². The highest BCUT2D eigenvalue weighted by molar-refractivity contribution is 7.90. The molecule has 3 unspecified atom stereocenters. The highest BCUT2D eigenvalue weighted by Gasteiger charge is 2.35. The maximum atomic E-state index is 13.3. The maximum Gasteiger partial charge on any atom is 0.167 e. The van der Waals surface area contributed by atoms with Crippen LogP contribution in [0.1, 0.15) is 57.3 Å². The Bertz CT molecular complexity index is 1170. The molecule has 0 aliphatic heterocycles. The Morgan fingerprint density at radius 2 is 1.72 bits per heavy atom. The van der Waals surface area contributed by atoms with Crippen LogP contribution in [0.5, 0.6) is 0 Å². The molecule has 166 valence electrons. The molecule has 0 spiro atoms. The summed E-state index contributed by atoms with van der Waals surface area (Å²) in [5.74, 6) is 0.0295. The van der Waals surface area contributed by atoms with Gasteiger partial charge in [-0.05, 0) is 57.0 Å². The molecule has 2 aromatic carbocycles. The van der Waals surface area contributed by atoms with Crippen molar-refractivity contribution >= 4 is 22.3 Å². The molecule has 2 heterocycles. The van der Waals surface area contributed by atoms with Gasteiger partial charge < -0.3 is 9.08 Å². The van der Waals surface area contributed by atoms with Crippen LogP contribution in [-0.4, -0.2) is 19.4 Å². The van der Waals surface area contributed by atoms with Crippen LogP contribution in [0.4, 0.5) is 0 Å². The summed E-state index contributed by atoms with van der Waals surface area (Å²) in [6, 6.07) is 21.8. The van der Waals surface area contributed by atoms with Crippen molar-refractivity contribution in [1.29, 1.82) is 0 Å². The first-order chi connectivity index (χ1) is 15.4. The number of rotatable bonds is 7. The number of nitrogens with zero attached hydrogens (tertiary/aromatic N) is 2. The van der Waals surface area contributed by atoms with Crippen molar-refractivity contribution in [1.82, 2.24) is 14.9 Å². The van der Waals surface area contributed by atoms with E-state index in [1.807, 2.05) is 81.6 Å². The lowest BCUT2D eigenvalue weighted by molar-refractivity contribution is 0.456. The van der Waals surface area contributed by atoms with E-state index in [9.17, 15) is 4.55 Å². The van der Waals surface area contributed by atoms with Gasteiger partial charge in [-0.1, -0.05) is 54.5 Å². The van der Waals surface area contributed by atoms with E-state index in [0.717, 1.165) is 39.9 Å². The minimum Gasteiger partial charge on any atom is -0.598 e. The Morgan fingerprint density at radius 1 is 1.00 bits per heavy atom. The van der Waals surface area contributed by atoms with Crippen molar-refractivity contribution in [3.63, 3.8) is 0 Å². The van der Waals surface area contributed by atoms with Gasteiger partial charge in [-0.2, -0.15) is 0 Å². The number of benzene rings is 2. The molecule has 3 atom stereocenters. The lowest BCUT2D eigenvalue weighted by Crippen LogP contribution is -2.43. The molecule has 0 fully saturated rings. The fourth-order valence-electron chi connectivity index (χ4n) is 3.93. The van der Waals surface area contributed by atoms with Crippen molar-refractivity contribution in [2.75, 3.05) is 0 Å². The second-order valence-corrected chi connectivity index (χ2v) is 10.9. The van der Waals surface area contributed by atoms with Gasteiger partial charge in [0.1, 0.15) is 10.4 Å². The van der Waals surface area contributed by atoms with Gasteiger partial charge in [0.05, 0.1) is 6.04 Å². The number of para-hydroxylation sites is 1. The number of pyridine rings is 1. The Balaban J connectivity index is 1.87. The smallest absolute Gasteiger partial charge is 0.167 e. The SMILES string of the molecule is CCC(c1ccccn1)C(N[S+]([O-])C(C)(C)C)c1ccccc1-c1noc2ccccc12. The Hall–Kier alpha value is -2.67. The number of fused-ring (bicyclic) bond motifs is 1. The van der Waals surface area contributed by atoms with E-state index in [1.54, 1.807) is 0 Å². The van der Waals surface area contributed by atoms with Crippen molar-refractivity contribution in [3.8, 4) is 11.3 Å². The molecule has 0 aliphatic carbocycles. The van der Waals surface area contributed by atoms with Crippen LogP contribution < -0.4 is 4.72 Å². The first kappa shape index (κ1) is 22.5. The molecule has 0 saturated heterocycles. The number of hydrogen-bond donors (Lipinski definition) is 1.